The van der Waals surface area contributed by atoms with E-state index < -0.39 is 6.10 Å². The minimum Gasteiger partial charge on any atom is -0.462 e. The van der Waals surface area contributed by atoms with Crippen molar-refractivity contribution in [3.8, 4) is 0 Å². The number of hydrogen-bond acceptors (Lipinski definition) is 6. The molecule has 0 saturated heterocycles. The zero-order valence-electron chi connectivity index (χ0n) is 44.9. The van der Waals surface area contributed by atoms with E-state index >= 15 is 0 Å². The zero-order chi connectivity index (χ0) is 49.3. The largest absolute Gasteiger partial charge is 0.462 e. The second kappa shape index (κ2) is 56.4. The van der Waals surface area contributed by atoms with E-state index in [4.69, 9.17) is 14.2 Å². The van der Waals surface area contributed by atoms with Crippen LogP contribution in [0, 0.1) is 0 Å². The third-order valence-electron chi connectivity index (χ3n) is 12.4. The summed E-state index contributed by atoms with van der Waals surface area (Å²) >= 11 is 0. The highest BCUT2D eigenvalue weighted by molar-refractivity contribution is 5.71. The first-order valence-corrected chi connectivity index (χ1v) is 28.9. The normalized spacial score (nSPS) is 12.6. The number of rotatable bonds is 52. The molecule has 0 spiro atoms. The van der Waals surface area contributed by atoms with E-state index in [1.54, 1.807) is 0 Å². The summed E-state index contributed by atoms with van der Waals surface area (Å²) in [4.78, 5) is 38.1. The van der Waals surface area contributed by atoms with Crippen LogP contribution in [0.1, 0.15) is 284 Å². The number of hydrogen-bond donors (Lipinski definition) is 0. The Balaban J connectivity index is 4.36. The van der Waals surface area contributed by atoms with Crippen molar-refractivity contribution in [1.29, 1.82) is 0 Å². The van der Waals surface area contributed by atoms with Gasteiger partial charge in [0.15, 0.2) is 6.10 Å². The zero-order valence-corrected chi connectivity index (χ0v) is 44.9. The topological polar surface area (TPSA) is 78.9 Å². The Hall–Kier alpha value is -3.15. The summed E-state index contributed by atoms with van der Waals surface area (Å²) in [5.74, 6) is -0.923. The molecule has 0 aromatic heterocycles. The Morgan fingerprint density at radius 3 is 0.971 bits per heavy atom. The average Bonchev–Trinajstić information content (AvgIpc) is 3.34. The first-order chi connectivity index (χ1) is 33.5. The number of unbranched alkanes of at least 4 members (excludes halogenated alkanes) is 29. The summed E-state index contributed by atoms with van der Waals surface area (Å²) in [5, 5.41) is 0. The van der Waals surface area contributed by atoms with Gasteiger partial charge in [0.05, 0.1) is 0 Å². The van der Waals surface area contributed by atoms with Crippen LogP contribution in [-0.4, -0.2) is 37.2 Å². The first kappa shape index (κ1) is 64.8. The SMILES string of the molecule is CC/C=C\C/C=C\C/C=C\C/C=C\C/C=C\CCCCCC(=O)OC(COC(=O)CCCCCCC/C=C\CCCC)COC(=O)CCCCCCCCCCCCCCCCCCCCCC. The Morgan fingerprint density at radius 1 is 0.309 bits per heavy atom. The Morgan fingerprint density at radius 2 is 0.588 bits per heavy atom. The predicted octanol–water partition coefficient (Wildman–Crippen LogP) is 19.4. The van der Waals surface area contributed by atoms with Crippen LogP contribution in [0.4, 0.5) is 0 Å². The van der Waals surface area contributed by atoms with E-state index in [0.29, 0.717) is 12.8 Å². The van der Waals surface area contributed by atoms with Crippen LogP contribution in [0.2, 0.25) is 0 Å². The molecule has 0 radical (unpaired) electrons. The van der Waals surface area contributed by atoms with Gasteiger partial charge in [0.1, 0.15) is 13.2 Å². The predicted molar refractivity (Wildman–Crippen MR) is 293 cm³/mol. The highest BCUT2D eigenvalue weighted by Gasteiger charge is 2.19. The van der Waals surface area contributed by atoms with Gasteiger partial charge in [-0.2, -0.15) is 0 Å². The van der Waals surface area contributed by atoms with Crippen molar-refractivity contribution in [3.05, 3.63) is 72.9 Å². The monoisotopic (exact) mass is 949 g/mol. The molecule has 0 saturated carbocycles. The van der Waals surface area contributed by atoms with Crippen LogP contribution >= 0.6 is 0 Å². The molecule has 1 atom stereocenters. The van der Waals surface area contributed by atoms with Crippen molar-refractivity contribution in [2.24, 2.45) is 0 Å². The summed E-state index contributed by atoms with van der Waals surface area (Å²) in [5.41, 5.74) is 0. The molecule has 1 unspecified atom stereocenters. The Kier molecular flexibility index (Phi) is 53.8. The van der Waals surface area contributed by atoms with E-state index in [1.807, 2.05) is 0 Å². The first-order valence-electron chi connectivity index (χ1n) is 28.9. The fraction of sp³-hybridized carbons (Fsp3) is 0.758. The van der Waals surface area contributed by atoms with Crippen LogP contribution < -0.4 is 0 Å². The summed E-state index contributed by atoms with van der Waals surface area (Å²) < 4.78 is 16.8. The average molecular weight is 950 g/mol. The Bertz CT molecular complexity index is 1270. The molecule has 0 aliphatic carbocycles. The van der Waals surface area contributed by atoms with Gasteiger partial charge in [0.2, 0.25) is 0 Å². The van der Waals surface area contributed by atoms with Crippen LogP contribution in [-0.2, 0) is 28.6 Å². The Labute approximate surface area is 421 Å². The standard InChI is InChI=1S/C62H108O6/c1-4-7-10-13-16-19-22-24-26-28-30-32-33-35-37-40-43-46-49-52-55-61(64)67-58-59(57-66-60(63)54-51-48-45-42-39-21-18-15-12-9-6-3)68-62(65)56-53-50-47-44-41-38-36-34-31-29-27-25-23-20-17-14-11-8-5-2/h8,11,15,17-18,20,25,27,31,34,38,41,59H,4-7,9-10,12-14,16,19,21-24,26,28-30,32-33,35-37,39-40,42-58H2,1-3H3/b11-8-,18-15-,20-17-,27-25-,34-31-,41-38-. The van der Waals surface area contributed by atoms with E-state index in [0.717, 1.165) is 103 Å². The second-order valence-corrected chi connectivity index (χ2v) is 19.2. The van der Waals surface area contributed by atoms with Crippen molar-refractivity contribution in [3.63, 3.8) is 0 Å². The van der Waals surface area contributed by atoms with E-state index in [-0.39, 0.29) is 37.5 Å². The van der Waals surface area contributed by atoms with Crippen molar-refractivity contribution in [2.75, 3.05) is 13.2 Å². The number of allylic oxidation sites excluding steroid dienone is 12. The van der Waals surface area contributed by atoms with Gasteiger partial charge >= 0.3 is 17.9 Å². The number of carbonyl (C=O) groups excluding carboxylic acids is 3. The maximum atomic E-state index is 12.8. The van der Waals surface area contributed by atoms with Gasteiger partial charge in [-0.05, 0) is 83.5 Å². The molecule has 0 bridgehead atoms. The molecule has 0 rings (SSSR count). The molecule has 0 aromatic carbocycles. The molecule has 0 heterocycles. The summed E-state index contributed by atoms with van der Waals surface area (Å²) in [6.07, 6.45) is 71.9. The molecule has 0 aliphatic rings. The molecule has 0 aromatic rings. The molecule has 0 fully saturated rings. The highest BCUT2D eigenvalue weighted by Crippen LogP contribution is 2.16. The molecule has 6 heteroatoms. The lowest BCUT2D eigenvalue weighted by molar-refractivity contribution is -0.167. The smallest absolute Gasteiger partial charge is 0.306 e. The third kappa shape index (κ3) is 53.8. The highest BCUT2D eigenvalue weighted by atomic mass is 16.6. The van der Waals surface area contributed by atoms with Gasteiger partial charge in [0.25, 0.3) is 0 Å². The lowest BCUT2D eigenvalue weighted by atomic mass is 10.0. The van der Waals surface area contributed by atoms with Gasteiger partial charge in [-0.15, -0.1) is 0 Å². The van der Waals surface area contributed by atoms with Gasteiger partial charge in [-0.1, -0.05) is 254 Å². The molecule has 0 amide bonds. The molecule has 392 valence electrons. The summed E-state index contributed by atoms with van der Waals surface area (Å²) in [6, 6.07) is 0. The lowest BCUT2D eigenvalue weighted by Gasteiger charge is -2.18. The maximum Gasteiger partial charge on any atom is 0.306 e. The fourth-order valence-corrected chi connectivity index (χ4v) is 8.10. The van der Waals surface area contributed by atoms with Crippen molar-refractivity contribution in [2.45, 2.75) is 290 Å². The van der Waals surface area contributed by atoms with Crippen molar-refractivity contribution >= 4 is 17.9 Å². The minimum absolute atomic E-state index is 0.0893. The fourth-order valence-electron chi connectivity index (χ4n) is 8.10. The van der Waals surface area contributed by atoms with E-state index in [1.165, 1.54) is 141 Å². The summed E-state index contributed by atoms with van der Waals surface area (Å²) in [7, 11) is 0. The van der Waals surface area contributed by atoms with Crippen molar-refractivity contribution < 1.29 is 28.6 Å². The number of esters is 3. The maximum absolute atomic E-state index is 12.8. The summed E-state index contributed by atoms with van der Waals surface area (Å²) in [6.45, 7) is 6.48. The van der Waals surface area contributed by atoms with E-state index in [9.17, 15) is 14.4 Å². The number of ether oxygens (including phenoxy) is 3. The number of carbonyl (C=O) groups is 3. The van der Waals surface area contributed by atoms with E-state index in [2.05, 4.69) is 93.7 Å². The molecular formula is C62H108O6. The van der Waals surface area contributed by atoms with Crippen LogP contribution in [0.5, 0.6) is 0 Å². The van der Waals surface area contributed by atoms with Gasteiger partial charge in [-0.25, -0.2) is 0 Å². The third-order valence-corrected chi connectivity index (χ3v) is 12.4. The van der Waals surface area contributed by atoms with Gasteiger partial charge < -0.3 is 14.2 Å². The second-order valence-electron chi connectivity index (χ2n) is 19.2. The van der Waals surface area contributed by atoms with Crippen LogP contribution in [0.15, 0.2) is 72.9 Å². The molecule has 0 aliphatic heterocycles. The van der Waals surface area contributed by atoms with Crippen LogP contribution in [0.3, 0.4) is 0 Å². The van der Waals surface area contributed by atoms with Gasteiger partial charge in [0, 0.05) is 19.3 Å². The van der Waals surface area contributed by atoms with Crippen molar-refractivity contribution in [1.82, 2.24) is 0 Å². The quantitative estimate of drug-likeness (QED) is 0.0262. The molecule has 6 nitrogen and oxygen atoms in total. The molecule has 0 N–H and O–H groups in total. The molecular weight excluding hydrogens is 841 g/mol. The molecule has 68 heavy (non-hydrogen) atoms. The lowest BCUT2D eigenvalue weighted by Crippen LogP contribution is -2.30. The van der Waals surface area contributed by atoms with Crippen LogP contribution in [0.25, 0.3) is 0 Å². The minimum atomic E-state index is -0.794. The van der Waals surface area contributed by atoms with Gasteiger partial charge in [-0.3, -0.25) is 14.4 Å².